The number of likely N-dealkylation sites (tertiary alicyclic amines) is 1. The highest BCUT2D eigenvalue weighted by Crippen LogP contribution is 2.19. The number of nitrogens with one attached hydrogen (secondary N) is 1. The average Bonchev–Trinajstić information content (AvgIpc) is 3.00. The molecule has 1 unspecified atom stereocenters. The Bertz CT molecular complexity index is 486. The van der Waals surface area contributed by atoms with E-state index < -0.39 is 0 Å². The Kier molecular flexibility index (Phi) is 5.48. The molecule has 2 heterocycles. The molecular weight excluding hydrogens is 270 g/mol. The van der Waals surface area contributed by atoms with Gasteiger partial charge in [-0.15, -0.1) is 5.10 Å². The zero-order valence-corrected chi connectivity index (χ0v) is 12.1. The Morgan fingerprint density at radius 3 is 3.00 bits per heavy atom. The standard InChI is InChI=1S/C14H21N5O2/c1-2-13(20)15-7-6-14(21)19-9-4-3-5-12(19)11-18-10-8-16-17-18/h2,8,10,12H,1,3-7,9,11H2,(H,15,20). The third-order valence-electron chi connectivity index (χ3n) is 3.64. The second-order valence-corrected chi connectivity index (χ2v) is 5.11. The van der Waals surface area contributed by atoms with Gasteiger partial charge < -0.3 is 10.2 Å². The zero-order valence-electron chi connectivity index (χ0n) is 12.1. The number of nitrogens with zero attached hydrogens (tertiary/aromatic N) is 4. The second-order valence-electron chi connectivity index (χ2n) is 5.11. The lowest BCUT2D eigenvalue weighted by Gasteiger charge is -2.35. The van der Waals surface area contributed by atoms with Crippen LogP contribution in [0.1, 0.15) is 25.7 Å². The van der Waals surface area contributed by atoms with Gasteiger partial charge in [-0.1, -0.05) is 11.8 Å². The van der Waals surface area contributed by atoms with Crippen molar-refractivity contribution in [1.82, 2.24) is 25.2 Å². The Morgan fingerprint density at radius 1 is 1.43 bits per heavy atom. The predicted molar refractivity (Wildman–Crippen MR) is 77.2 cm³/mol. The maximum Gasteiger partial charge on any atom is 0.243 e. The number of amides is 2. The maximum atomic E-state index is 12.3. The van der Waals surface area contributed by atoms with Gasteiger partial charge in [0.2, 0.25) is 11.8 Å². The van der Waals surface area contributed by atoms with Crippen molar-refractivity contribution >= 4 is 11.8 Å². The molecular formula is C14H21N5O2. The van der Waals surface area contributed by atoms with E-state index in [4.69, 9.17) is 0 Å². The molecule has 7 nitrogen and oxygen atoms in total. The van der Waals surface area contributed by atoms with Crippen LogP contribution in [0, 0.1) is 0 Å². The first-order chi connectivity index (χ1) is 10.2. The van der Waals surface area contributed by atoms with Crippen molar-refractivity contribution < 1.29 is 9.59 Å². The van der Waals surface area contributed by atoms with Crippen molar-refractivity contribution in [3.8, 4) is 0 Å². The van der Waals surface area contributed by atoms with E-state index in [0.29, 0.717) is 19.5 Å². The van der Waals surface area contributed by atoms with E-state index in [1.807, 2.05) is 11.1 Å². The minimum atomic E-state index is -0.249. The third-order valence-corrected chi connectivity index (χ3v) is 3.64. The minimum absolute atomic E-state index is 0.0733. The minimum Gasteiger partial charge on any atom is -0.352 e. The van der Waals surface area contributed by atoms with Crippen molar-refractivity contribution in [2.24, 2.45) is 0 Å². The van der Waals surface area contributed by atoms with Crippen LogP contribution in [0.2, 0.25) is 0 Å². The molecule has 1 fully saturated rings. The molecule has 1 aromatic rings. The largest absolute Gasteiger partial charge is 0.352 e. The number of aromatic nitrogens is 3. The summed E-state index contributed by atoms with van der Waals surface area (Å²) in [5.74, 6) is -0.176. The van der Waals surface area contributed by atoms with Crippen molar-refractivity contribution in [3.63, 3.8) is 0 Å². The lowest BCUT2D eigenvalue weighted by atomic mass is 10.0. The summed E-state index contributed by atoms with van der Waals surface area (Å²) in [5, 5.41) is 10.4. The van der Waals surface area contributed by atoms with Gasteiger partial charge in [-0.25, -0.2) is 0 Å². The van der Waals surface area contributed by atoms with E-state index in [1.54, 1.807) is 10.9 Å². The van der Waals surface area contributed by atoms with Crippen LogP contribution < -0.4 is 5.32 Å². The highest BCUT2D eigenvalue weighted by Gasteiger charge is 2.26. The van der Waals surface area contributed by atoms with Gasteiger partial charge in [0, 0.05) is 25.7 Å². The molecule has 114 valence electrons. The van der Waals surface area contributed by atoms with Crippen LogP contribution in [-0.4, -0.2) is 50.8 Å². The molecule has 21 heavy (non-hydrogen) atoms. The molecule has 0 aliphatic carbocycles. The highest BCUT2D eigenvalue weighted by atomic mass is 16.2. The molecule has 2 amide bonds. The first kappa shape index (κ1) is 15.2. The topological polar surface area (TPSA) is 80.1 Å². The lowest BCUT2D eigenvalue weighted by molar-refractivity contribution is -0.135. The average molecular weight is 291 g/mol. The molecule has 0 aromatic carbocycles. The Hall–Kier alpha value is -2.18. The molecule has 7 heteroatoms. The first-order valence-corrected chi connectivity index (χ1v) is 7.24. The van der Waals surface area contributed by atoms with Crippen LogP contribution in [0.3, 0.4) is 0 Å². The molecule has 1 N–H and O–H groups in total. The van der Waals surface area contributed by atoms with Crippen LogP contribution in [0.4, 0.5) is 0 Å². The molecule has 0 bridgehead atoms. The van der Waals surface area contributed by atoms with Gasteiger partial charge in [0.05, 0.1) is 18.8 Å². The smallest absolute Gasteiger partial charge is 0.243 e. The number of carbonyl (C=O) groups is 2. The fraction of sp³-hybridized carbons (Fsp3) is 0.571. The van der Waals surface area contributed by atoms with Gasteiger partial charge in [-0.2, -0.15) is 0 Å². The first-order valence-electron chi connectivity index (χ1n) is 7.24. The van der Waals surface area contributed by atoms with Gasteiger partial charge >= 0.3 is 0 Å². The van der Waals surface area contributed by atoms with Gasteiger partial charge in [0.1, 0.15) is 0 Å². The van der Waals surface area contributed by atoms with Crippen molar-refractivity contribution in [3.05, 3.63) is 25.0 Å². The number of hydrogen-bond acceptors (Lipinski definition) is 4. The van der Waals surface area contributed by atoms with Crippen molar-refractivity contribution in [1.29, 1.82) is 0 Å². The summed E-state index contributed by atoms with van der Waals surface area (Å²) in [6.07, 6.45) is 8.09. The van der Waals surface area contributed by atoms with Crippen LogP contribution in [0.15, 0.2) is 25.0 Å². The van der Waals surface area contributed by atoms with E-state index in [9.17, 15) is 9.59 Å². The van der Waals surface area contributed by atoms with Crippen LogP contribution >= 0.6 is 0 Å². The van der Waals surface area contributed by atoms with Crippen LogP contribution in [-0.2, 0) is 16.1 Å². The van der Waals surface area contributed by atoms with Gasteiger partial charge in [0.15, 0.2) is 0 Å². The Labute approximate surface area is 124 Å². The highest BCUT2D eigenvalue weighted by molar-refractivity contribution is 5.87. The van der Waals surface area contributed by atoms with Gasteiger partial charge in [-0.3, -0.25) is 14.3 Å². The van der Waals surface area contributed by atoms with Crippen molar-refractivity contribution in [2.45, 2.75) is 38.3 Å². The molecule has 1 aromatic heterocycles. The molecule has 0 spiro atoms. The molecule has 2 rings (SSSR count). The molecule has 1 atom stereocenters. The summed E-state index contributed by atoms with van der Waals surface area (Å²) >= 11 is 0. The SMILES string of the molecule is C=CC(=O)NCCC(=O)N1CCCCC1Cn1ccnn1. The van der Waals surface area contributed by atoms with Crippen LogP contribution in [0.5, 0.6) is 0 Å². The summed E-state index contributed by atoms with van der Waals surface area (Å²) in [4.78, 5) is 25.3. The lowest BCUT2D eigenvalue weighted by Crippen LogP contribution is -2.46. The Morgan fingerprint density at radius 2 is 2.29 bits per heavy atom. The third kappa shape index (κ3) is 4.40. The summed E-state index contributed by atoms with van der Waals surface area (Å²) in [6, 6.07) is 0.156. The van der Waals surface area contributed by atoms with E-state index >= 15 is 0 Å². The number of piperidine rings is 1. The molecule has 1 saturated heterocycles. The summed E-state index contributed by atoms with van der Waals surface area (Å²) in [5.41, 5.74) is 0. The van der Waals surface area contributed by atoms with E-state index in [1.165, 1.54) is 6.08 Å². The normalized spacial score (nSPS) is 18.3. The fourth-order valence-corrected chi connectivity index (χ4v) is 2.57. The molecule has 0 radical (unpaired) electrons. The summed E-state index contributed by atoms with van der Waals surface area (Å²) in [7, 11) is 0. The Balaban J connectivity index is 1.86. The van der Waals surface area contributed by atoms with E-state index in [0.717, 1.165) is 25.8 Å². The van der Waals surface area contributed by atoms with Crippen molar-refractivity contribution in [2.75, 3.05) is 13.1 Å². The van der Waals surface area contributed by atoms with E-state index in [-0.39, 0.29) is 17.9 Å². The summed E-state index contributed by atoms with van der Waals surface area (Å²) in [6.45, 7) is 5.17. The quantitative estimate of drug-likeness (QED) is 0.767. The zero-order chi connectivity index (χ0) is 15.1. The second kappa shape index (κ2) is 7.56. The molecule has 1 aliphatic rings. The van der Waals surface area contributed by atoms with Gasteiger partial charge in [0.25, 0.3) is 0 Å². The maximum absolute atomic E-state index is 12.3. The fourth-order valence-electron chi connectivity index (χ4n) is 2.57. The molecule has 0 saturated carbocycles. The number of hydrogen-bond donors (Lipinski definition) is 1. The monoisotopic (exact) mass is 291 g/mol. The van der Waals surface area contributed by atoms with Crippen LogP contribution in [0.25, 0.3) is 0 Å². The molecule has 1 aliphatic heterocycles. The number of carbonyl (C=O) groups excluding carboxylic acids is 2. The summed E-state index contributed by atoms with van der Waals surface area (Å²) < 4.78 is 1.76. The predicted octanol–water partition coefficient (Wildman–Crippen LogP) is 0.351. The van der Waals surface area contributed by atoms with E-state index in [2.05, 4.69) is 22.2 Å². The number of rotatable bonds is 6. The van der Waals surface area contributed by atoms with Gasteiger partial charge in [-0.05, 0) is 25.3 Å².